The van der Waals surface area contributed by atoms with E-state index in [-0.39, 0.29) is 0 Å². The highest BCUT2D eigenvalue weighted by molar-refractivity contribution is 7.09. The predicted octanol–water partition coefficient (Wildman–Crippen LogP) is 2.08. The summed E-state index contributed by atoms with van der Waals surface area (Å²) in [6.45, 7) is 2.90. The van der Waals surface area contributed by atoms with Crippen LogP contribution in [0.2, 0.25) is 0 Å². The molecule has 14 heavy (non-hydrogen) atoms. The van der Waals surface area contributed by atoms with Crippen molar-refractivity contribution in [1.29, 1.82) is 0 Å². The first-order valence-electron chi connectivity index (χ1n) is 4.57. The molecule has 0 aromatic carbocycles. The largest absolute Gasteiger partial charge is 0.396 e. The van der Waals surface area contributed by atoms with Crippen molar-refractivity contribution in [1.82, 2.24) is 9.78 Å². The van der Waals surface area contributed by atoms with Gasteiger partial charge >= 0.3 is 0 Å². The van der Waals surface area contributed by atoms with Gasteiger partial charge in [0.2, 0.25) is 0 Å². The zero-order valence-corrected chi connectivity index (χ0v) is 8.92. The molecule has 0 atom stereocenters. The van der Waals surface area contributed by atoms with E-state index in [1.165, 1.54) is 4.88 Å². The van der Waals surface area contributed by atoms with Crippen molar-refractivity contribution in [3.63, 3.8) is 0 Å². The van der Waals surface area contributed by atoms with Gasteiger partial charge in [0.25, 0.3) is 0 Å². The van der Waals surface area contributed by atoms with Crippen LogP contribution in [0.15, 0.2) is 23.7 Å². The summed E-state index contributed by atoms with van der Waals surface area (Å²) in [4.78, 5) is 1.39. The van der Waals surface area contributed by atoms with Gasteiger partial charge in [0.05, 0.1) is 17.6 Å². The summed E-state index contributed by atoms with van der Waals surface area (Å²) in [5, 5.41) is 6.31. The highest BCUT2D eigenvalue weighted by Gasteiger charge is 2.02. The van der Waals surface area contributed by atoms with E-state index in [2.05, 4.69) is 22.6 Å². The Bertz CT molecular complexity index is 403. The lowest BCUT2D eigenvalue weighted by atomic mass is 10.3. The number of hydrogen-bond acceptors (Lipinski definition) is 3. The smallest absolute Gasteiger partial charge is 0.0730 e. The van der Waals surface area contributed by atoms with Crippen molar-refractivity contribution in [3.05, 3.63) is 34.3 Å². The van der Waals surface area contributed by atoms with E-state index in [4.69, 9.17) is 5.73 Å². The second-order valence-electron chi connectivity index (χ2n) is 3.24. The lowest BCUT2D eigenvalue weighted by molar-refractivity contribution is 0.602. The van der Waals surface area contributed by atoms with Crippen LogP contribution in [0, 0.1) is 6.92 Å². The maximum atomic E-state index is 5.71. The fourth-order valence-electron chi connectivity index (χ4n) is 1.36. The molecular weight excluding hydrogens is 194 g/mol. The molecule has 4 heteroatoms. The van der Waals surface area contributed by atoms with Crippen LogP contribution >= 0.6 is 11.3 Å². The summed E-state index contributed by atoms with van der Waals surface area (Å²) in [6, 6.07) is 4.22. The first kappa shape index (κ1) is 9.27. The number of anilines is 1. The van der Waals surface area contributed by atoms with Crippen LogP contribution < -0.4 is 5.73 Å². The standard InChI is InChI=1S/C10H13N3S/c1-8-10(11)7-12-13(8)5-4-9-3-2-6-14-9/h2-3,6-7H,4-5,11H2,1H3. The highest BCUT2D eigenvalue weighted by atomic mass is 32.1. The quantitative estimate of drug-likeness (QED) is 0.837. The van der Waals surface area contributed by atoms with Crippen LogP contribution in [0.1, 0.15) is 10.6 Å². The van der Waals surface area contributed by atoms with E-state index in [9.17, 15) is 0 Å². The van der Waals surface area contributed by atoms with E-state index in [0.29, 0.717) is 0 Å². The number of aromatic nitrogens is 2. The Labute approximate surface area is 87.2 Å². The van der Waals surface area contributed by atoms with Crippen molar-refractivity contribution >= 4 is 17.0 Å². The number of hydrogen-bond donors (Lipinski definition) is 1. The van der Waals surface area contributed by atoms with Crippen LogP contribution in [0.25, 0.3) is 0 Å². The lowest BCUT2D eigenvalue weighted by Crippen LogP contribution is -2.04. The molecule has 0 unspecified atom stereocenters. The molecule has 3 nitrogen and oxygen atoms in total. The van der Waals surface area contributed by atoms with Crippen molar-refractivity contribution < 1.29 is 0 Å². The van der Waals surface area contributed by atoms with Crippen molar-refractivity contribution in [2.24, 2.45) is 0 Å². The zero-order valence-electron chi connectivity index (χ0n) is 8.10. The average molecular weight is 207 g/mol. The van der Waals surface area contributed by atoms with Gasteiger partial charge in [0, 0.05) is 17.8 Å². The van der Waals surface area contributed by atoms with Crippen molar-refractivity contribution in [3.8, 4) is 0 Å². The summed E-state index contributed by atoms with van der Waals surface area (Å²) in [5.41, 5.74) is 7.54. The lowest BCUT2D eigenvalue weighted by Gasteiger charge is -2.02. The topological polar surface area (TPSA) is 43.8 Å². The minimum absolute atomic E-state index is 0.774. The number of nitrogens with zero attached hydrogens (tertiary/aromatic N) is 2. The first-order valence-corrected chi connectivity index (χ1v) is 5.45. The molecule has 0 fully saturated rings. The van der Waals surface area contributed by atoms with Crippen molar-refractivity contribution in [2.45, 2.75) is 19.9 Å². The van der Waals surface area contributed by atoms with Gasteiger partial charge < -0.3 is 5.73 Å². The SMILES string of the molecule is Cc1c(N)cnn1CCc1cccs1. The highest BCUT2D eigenvalue weighted by Crippen LogP contribution is 2.12. The summed E-state index contributed by atoms with van der Waals surface area (Å²) < 4.78 is 1.95. The zero-order chi connectivity index (χ0) is 9.97. The number of aryl methyl sites for hydroxylation is 2. The van der Waals surface area contributed by atoms with Gasteiger partial charge in [-0.25, -0.2) is 0 Å². The molecule has 0 spiro atoms. The molecule has 74 valence electrons. The molecule has 2 aromatic rings. The molecule has 0 amide bonds. The summed E-state index contributed by atoms with van der Waals surface area (Å²) >= 11 is 1.78. The molecule has 0 saturated heterocycles. The molecule has 0 aliphatic heterocycles. The molecule has 2 aromatic heterocycles. The number of rotatable bonds is 3. The van der Waals surface area contributed by atoms with Gasteiger partial charge in [-0.3, -0.25) is 4.68 Å². The Morgan fingerprint density at radius 1 is 1.57 bits per heavy atom. The Hall–Kier alpha value is -1.29. The molecule has 0 saturated carbocycles. The molecule has 2 heterocycles. The van der Waals surface area contributed by atoms with Crippen LogP contribution in [0.3, 0.4) is 0 Å². The molecule has 0 aliphatic rings. The van der Waals surface area contributed by atoms with Crippen LogP contribution in [-0.4, -0.2) is 9.78 Å². The van der Waals surface area contributed by atoms with Gasteiger partial charge in [-0.1, -0.05) is 6.07 Å². The second kappa shape index (κ2) is 3.84. The van der Waals surface area contributed by atoms with Gasteiger partial charge in [-0.05, 0) is 18.4 Å². The van der Waals surface area contributed by atoms with Crippen LogP contribution in [-0.2, 0) is 13.0 Å². The summed E-state index contributed by atoms with van der Waals surface area (Å²) in [5.74, 6) is 0. The maximum absolute atomic E-state index is 5.71. The Morgan fingerprint density at radius 2 is 2.43 bits per heavy atom. The Balaban J connectivity index is 2.02. The third kappa shape index (κ3) is 1.80. The van der Waals surface area contributed by atoms with E-state index < -0.39 is 0 Å². The van der Waals surface area contributed by atoms with E-state index in [1.807, 2.05) is 11.6 Å². The van der Waals surface area contributed by atoms with Gasteiger partial charge in [-0.15, -0.1) is 11.3 Å². The van der Waals surface area contributed by atoms with Gasteiger partial charge in [0.15, 0.2) is 0 Å². The van der Waals surface area contributed by atoms with Crippen molar-refractivity contribution in [2.75, 3.05) is 5.73 Å². The first-order chi connectivity index (χ1) is 6.77. The number of nitrogen functional groups attached to an aromatic ring is 1. The summed E-state index contributed by atoms with van der Waals surface area (Å²) in [7, 11) is 0. The fourth-order valence-corrected chi connectivity index (χ4v) is 2.06. The molecule has 2 N–H and O–H groups in total. The average Bonchev–Trinajstić information content (AvgIpc) is 2.77. The van der Waals surface area contributed by atoms with Gasteiger partial charge in [-0.2, -0.15) is 5.10 Å². The van der Waals surface area contributed by atoms with E-state index in [0.717, 1.165) is 24.3 Å². The third-order valence-corrected chi connectivity index (χ3v) is 3.23. The molecule has 0 bridgehead atoms. The predicted molar refractivity (Wildman–Crippen MR) is 59.4 cm³/mol. The fraction of sp³-hybridized carbons (Fsp3) is 0.300. The molecule has 0 aliphatic carbocycles. The molecular formula is C10H13N3S. The van der Waals surface area contributed by atoms with Crippen LogP contribution in [0.4, 0.5) is 5.69 Å². The van der Waals surface area contributed by atoms with Gasteiger partial charge in [0.1, 0.15) is 0 Å². The Kier molecular flexibility index (Phi) is 2.54. The Morgan fingerprint density at radius 3 is 3.00 bits per heavy atom. The van der Waals surface area contributed by atoms with Crippen LogP contribution in [0.5, 0.6) is 0 Å². The summed E-state index contributed by atoms with van der Waals surface area (Å²) in [6.07, 6.45) is 2.74. The monoisotopic (exact) mass is 207 g/mol. The maximum Gasteiger partial charge on any atom is 0.0730 e. The second-order valence-corrected chi connectivity index (χ2v) is 4.27. The molecule has 2 rings (SSSR count). The minimum Gasteiger partial charge on any atom is -0.396 e. The van der Waals surface area contributed by atoms with E-state index in [1.54, 1.807) is 17.5 Å². The number of thiophene rings is 1. The minimum atomic E-state index is 0.774. The normalized spacial score (nSPS) is 10.6. The molecule has 0 radical (unpaired) electrons. The van der Waals surface area contributed by atoms with E-state index >= 15 is 0 Å². The number of nitrogens with two attached hydrogens (primary N) is 1. The third-order valence-electron chi connectivity index (χ3n) is 2.29.